The first-order valence-electron chi connectivity index (χ1n) is 9.07. The fourth-order valence-electron chi connectivity index (χ4n) is 2.65. The lowest BCUT2D eigenvalue weighted by Gasteiger charge is -2.18. The second-order valence-electron chi connectivity index (χ2n) is 6.89. The number of rotatable bonds is 6. The number of nitrogens with one attached hydrogen (secondary N) is 1. The van der Waals surface area contributed by atoms with Gasteiger partial charge in [-0.25, -0.2) is 4.98 Å². The smallest absolute Gasteiger partial charge is 0.266 e. The van der Waals surface area contributed by atoms with Crippen molar-refractivity contribution in [1.82, 2.24) is 14.9 Å². The summed E-state index contributed by atoms with van der Waals surface area (Å²) in [6.07, 6.45) is 0. The maximum Gasteiger partial charge on any atom is 0.266 e. The third-order valence-corrected chi connectivity index (χ3v) is 5.82. The van der Waals surface area contributed by atoms with Crippen LogP contribution in [0.1, 0.15) is 20.8 Å². The van der Waals surface area contributed by atoms with Gasteiger partial charge in [-0.15, -0.1) is 0 Å². The summed E-state index contributed by atoms with van der Waals surface area (Å²) < 4.78 is 1.48. The first-order chi connectivity index (χ1) is 13.4. The molecule has 1 amide bonds. The minimum Gasteiger partial charge on any atom is -0.353 e. The summed E-state index contributed by atoms with van der Waals surface area (Å²) in [7, 11) is 0. The molecule has 1 N–H and O–H groups in total. The van der Waals surface area contributed by atoms with E-state index in [0.717, 1.165) is 0 Å². The Balaban J connectivity index is 2.01. The SMILES string of the molecule is CC(C)[C@H](C)NC(=O)CSc1nc2ccccc2c(=O)n1-c1ccccc1Cl. The highest BCUT2D eigenvalue weighted by Gasteiger charge is 2.17. The molecule has 146 valence electrons. The summed E-state index contributed by atoms with van der Waals surface area (Å²) in [5, 5.41) is 4.36. The number of hydrogen-bond donors (Lipinski definition) is 1. The van der Waals surface area contributed by atoms with Gasteiger partial charge in [0.15, 0.2) is 5.16 Å². The van der Waals surface area contributed by atoms with Crippen LogP contribution in [0.3, 0.4) is 0 Å². The molecule has 1 heterocycles. The van der Waals surface area contributed by atoms with Gasteiger partial charge in [-0.1, -0.05) is 61.5 Å². The molecular weight excluding hydrogens is 394 g/mol. The van der Waals surface area contributed by atoms with E-state index in [4.69, 9.17) is 11.6 Å². The van der Waals surface area contributed by atoms with E-state index in [2.05, 4.69) is 24.1 Å². The van der Waals surface area contributed by atoms with E-state index >= 15 is 0 Å². The lowest BCUT2D eigenvalue weighted by molar-refractivity contribution is -0.119. The van der Waals surface area contributed by atoms with Crippen LogP contribution >= 0.6 is 23.4 Å². The molecule has 3 rings (SSSR count). The number of fused-ring (bicyclic) bond motifs is 1. The Kier molecular flexibility index (Phi) is 6.42. The molecule has 7 heteroatoms. The zero-order chi connectivity index (χ0) is 20.3. The standard InChI is InChI=1S/C21H22ClN3O2S/c1-13(2)14(3)23-19(26)12-28-21-24-17-10-6-4-8-15(17)20(27)25(21)18-11-7-5-9-16(18)22/h4-11,13-14H,12H2,1-3H3,(H,23,26)/t14-/m0/s1. The molecule has 0 fully saturated rings. The van der Waals surface area contributed by atoms with Crippen molar-refractivity contribution in [2.24, 2.45) is 5.92 Å². The largest absolute Gasteiger partial charge is 0.353 e. The molecule has 28 heavy (non-hydrogen) atoms. The lowest BCUT2D eigenvalue weighted by Crippen LogP contribution is -2.37. The van der Waals surface area contributed by atoms with Crippen molar-refractivity contribution in [3.05, 3.63) is 63.9 Å². The maximum atomic E-state index is 13.2. The highest BCUT2D eigenvalue weighted by atomic mass is 35.5. The predicted molar refractivity (Wildman–Crippen MR) is 116 cm³/mol. The molecule has 0 unspecified atom stereocenters. The zero-order valence-electron chi connectivity index (χ0n) is 16.0. The summed E-state index contributed by atoms with van der Waals surface area (Å²) in [6.45, 7) is 6.08. The summed E-state index contributed by atoms with van der Waals surface area (Å²) in [5.74, 6) is 0.403. The molecule has 5 nitrogen and oxygen atoms in total. The van der Waals surface area contributed by atoms with Crippen LogP contribution in [-0.4, -0.2) is 27.3 Å². The van der Waals surface area contributed by atoms with Crippen LogP contribution in [0, 0.1) is 5.92 Å². The topological polar surface area (TPSA) is 64.0 Å². The van der Waals surface area contributed by atoms with Crippen LogP contribution in [0.4, 0.5) is 0 Å². The van der Waals surface area contributed by atoms with Gasteiger partial charge in [0.1, 0.15) is 0 Å². The highest BCUT2D eigenvalue weighted by molar-refractivity contribution is 7.99. The van der Waals surface area contributed by atoms with E-state index in [1.54, 1.807) is 36.4 Å². The number of carbonyl (C=O) groups is 1. The van der Waals surface area contributed by atoms with E-state index in [-0.39, 0.29) is 23.3 Å². The molecule has 2 aromatic carbocycles. The van der Waals surface area contributed by atoms with Crippen molar-refractivity contribution in [3.8, 4) is 5.69 Å². The van der Waals surface area contributed by atoms with Crippen molar-refractivity contribution in [2.45, 2.75) is 32.0 Å². The Morgan fingerprint density at radius 1 is 1.14 bits per heavy atom. The number of thioether (sulfide) groups is 1. The molecule has 1 atom stereocenters. The van der Waals surface area contributed by atoms with Crippen LogP contribution in [-0.2, 0) is 4.79 Å². The Labute approximate surface area is 173 Å². The number of aromatic nitrogens is 2. The van der Waals surface area contributed by atoms with Crippen molar-refractivity contribution in [3.63, 3.8) is 0 Å². The molecule has 0 spiro atoms. The second kappa shape index (κ2) is 8.80. The molecule has 0 aliphatic rings. The molecule has 3 aromatic rings. The van der Waals surface area contributed by atoms with Gasteiger partial charge in [-0.2, -0.15) is 0 Å². The molecular formula is C21H22ClN3O2S. The van der Waals surface area contributed by atoms with Gasteiger partial charge in [-0.05, 0) is 37.1 Å². The molecule has 0 saturated carbocycles. The number of benzene rings is 2. The number of nitrogens with zero attached hydrogens (tertiary/aromatic N) is 2. The minimum absolute atomic E-state index is 0.0726. The first-order valence-corrected chi connectivity index (χ1v) is 10.4. The summed E-state index contributed by atoms with van der Waals surface area (Å²) in [5.41, 5.74) is 0.928. The lowest BCUT2D eigenvalue weighted by atomic mass is 10.1. The van der Waals surface area contributed by atoms with Crippen molar-refractivity contribution < 1.29 is 4.79 Å². The quantitative estimate of drug-likeness (QED) is 0.481. The van der Waals surface area contributed by atoms with Gasteiger partial charge in [0.25, 0.3) is 5.56 Å². The first kappa shape index (κ1) is 20.4. The number of hydrogen-bond acceptors (Lipinski definition) is 4. The van der Waals surface area contributed by atoms with Gasteiger partial charge >= 0.3 is 0 Å². The summed E-state index contributed by atoms with van der Waals surface area (Å²) in [6, 6.07) is 14.4. The monoisotopic (exact) mass is 415 g/mol. The third-order valence-electron chi connectivity index (χ3n) is 4.56. The molecule has 0 bridgehead atoms. The predicted octanol–water partition coefficient (Wildman–Crippen LogP) is 4.29. The van der Waals surface area contributed by atoms with E-state index in [1.165, 1.54) is 16.3 Å². The third kappa shape index (κ3) is 4.39. The number of carbonyl (C=O) groups excluding carboxylic acids is 1. The average molecular weight is 416 g/mol. The van der Waals surface area contributed by atoms with E-state index in [9.17, 15) is 9.59 Å². The minimum atomic E-state index is -0.211. The fourth-order valence-corrected chi connectivity index (χ4v) is 3.68. The molecule has 0 aliphatic carbocycles. The van der Waals surface area contributed by atoms with Gasteiger partial charge in [0, 0.05) is 6.04 Å². The summed E-state index contributed by atoms with van der Waals surface area (Å²) in [4.78, 5) is 30.1. The normalized spacial score (nSPS) is 12.3. The molecule has 0 saturated heterocycles. The van der Waals surface area contributed by atoms with Crippen molar-refractivity contribution in [1.29, 1.82) is 0 Å². The highest BCUT2D eigenvalue weighted by Crippen LogP contribution is 2.25. The maximum absolute atomic E-state index is 13.2. The van der Waals surface area contributed by atoms with Gasteiger partial charge < -0.3 is 5.32 Å². The fraction of sp³-hybridized carbons (Fsp3) is 0.286. The number of halogens is 1. The van der Waals surface area contributed by atoms with Crippen LogP contribution in [0.2, 0.25) is 5.02 Å². The van der Waals surface area contributed by atoms with Crippen molar-refractivity contribution >= 4 is 40.2 Å². The summed E-state index contributed by atoms with van der Waals surface area (Å²) >= 11 is 7.57. The van der Waals surface area contributed by atoms with Crippen LogP contribution < -0.4 is 10.9 Å². The van der Waals surface area contributed by atoms with E-state index < -0.39 is 0 Å². The van der Waals surface area contributed by atoms with Crippen LogP contribution in [0.25, 0.3) is 16.6 Å². The molecule has 0 radical (unpaired) electrons. The average Bonchev–Trinajstić information content (AvgIpc) is 2.67. The van der Waals surface area contributed by atoms with Gasteiger partial charge in [0.2, 0.25) is 5.91 Å². The van der Waals surface area contributed by atoms with Crippen molar-refractivity contribution in [2.75, 3.05) is 5.75 Å². The van der Waals surface area contributed by atoms with Gasteiger partial charge in [0.05, 0.1) is 27.4 Å². The second-order valence-corrected chi connectivity index (χ2v) is 8.24. The Bertz CT molecular complexity index is 1060. The number of amides is 1. The van der Waals surface area contributed by atoms with Crippen LogP contribution in [0.15, 0.2) is 58.5 Å². The molecule has 1 aromatic heterocycles. The number of para-hydroxylation sites is 2. The van der Waals surface area contributed by atoms with Gasteiger partial charge in [-0.3, -0.25) is 14.2 Å². The Hall–Kier alpha value is -2.31. The van der Waals surface area contributed by atoms with Crippen LogP contribution in [0.5, 0.6) is 0 Å². The Morgan fingerprint density at radius 3 is 2.54 bits per heavy atom. The Morgan fingerprint density at radius 2 is 1.82 bits per heavy atom. The van der Waals surface area contributed by atoms with E-state index in [1.807, 2.05) is 19.1 Å². The zero-order valence-corrected chi connectivity index (χ0v) is 17.6. The van der Waals surface area contributed by atoms with E-state index in [0.29, 0.717) is 32.7 Å². The molecule has 0 aliphatic heterocycles.